The quantitative estimate of drug-likeness (QED) is 0.898. The maximum Gasteiger partial charge on any atom is 0.0426 e. The number of nitrogens with two attached hydrogens (primary N) is 1. The van der Waals surface area contributed by atoms with Crippen LogP contribution in [0.25, 0.3) is 0 Å². The Hall–Kier alpha value is -1.80. The summed E-state index contributed by atoms with van der Waals surface area (Å²) < 4.78 is 0. The van der Waals surface area contributed by atoms with Crippen molar-refractivity contribution in [1.82, 2.24) is 0 Å². The Kier molecular flexibility index (Phi) is 5.03. The minimum absolute atomic E-state index is 0.427. The van der Waals surface area contributed by atoms with Gasteiger partial charge in [0.2, 0.25) is 0 Å². The first-order chi connectivity index (χ1) is 10.0. The highest BCUT2D eigenvalue weighted by atomic mass is 15.1. The van der Waals surface area contributed by atoms with Crippen LogP contribution in [0.5, 0.6) is 0 Å². The molecule has 1 atom stereocenters. The summed E-state index contributed by atoms with van der Waals surface area (Å²) in [5, 5.41) is 0. The molecule has 2 heteroatoms. The van der Waals surface area contributed by atoms with Crippen LogP contribution in [0.15, 0.2) is 42.5 Å². The van der Waals surface area contributed by atoms with Crippen molar-refractivity contribution in [2.75, 3.05) is 18.5 Å². The van der Waals surface area contributed by atoms with E-state index in [1.54, 1.807) is 0 Å². The molecule has 0 aliphatic carbocycles. The van der Waals surface area contributed by atoms with Crippen molar-refractivity contribution < 1.29 is 0 Å². The maximum absolute atomic E-state index is 5.72. The summed E-state index contributed by atoms with van der Waals surface area (Å²) in [5.41, 5.74) is 12.3. The second kappa shape index (κ2) is 6.77. The lowest BCUT2D eigenvalue weighted by Crippen LogP contribution is -2.17. The van der Waals surface area contributed by atoms with Gasteiger partial charge in [-0.3, -0.25) is 0 Å². The average molecular weight is 282 g/mol. The molecular weight excluding hydrogens is 256 g/mol. The first-order valence-electron chi connectivity index (χ1n) is 7.58. The molecule has 0 aromatic heterocycles. The highest BCUT2D eigenvalue weighted by molar-refractivity contribution is 5.54. The van der Waals surface area contributed by atoms with Gasteiger partial charge in [0.05, 0.1) is 0 Å². The zero-order chi connectivity index (χ0) is 15.4. The third-order valence-electron chi connectivity index (χ3n) is 4.09. The van der Waals surface area contributed by atoms with Gasteiger partial charge >= 0.3 is 0 Å². The van der Waals surface area contributed by atoms with Crippen LogP contribution in [-0.4, -0.2) is 13.6 Å². The molecule has 1 unspecified atom stereocenters. The van der Waals surface area contributed by atoms with E-state index < -0.39 is 0 Å². The van der Waals surface area contributed by atoms with Crippen LogP contribution in [-0.2, 0) is 6.54 Å². The van der Waals surface area contributed by atoms with Crippen LogP contribution in [0.1, 0.15) is 35.1 Å². The number of rotatable bonds is 5. The number of hydrogen-bond donors (Lipinski definition) is 1. The van der Waals surface area contributed by atoms with Gasteiger partial charge in [0.1, 0.15) is 0 Å². The standard InChI is InChI=1S/C19H26N2/c1-14-5-10-19(15(2)11-14)21(4)13-17-6-8-18(9-7-17)16(3)12-20/h5-11,16H,12-13,20H2,1-4H3. The van der Waals surface area contributed by atoms with Crippen LogP contribution < -0.4 is 10.6 Å². The molecular formula is C19H26N2. The van der Waals surface area contributed by atoms with Gasteiger partial charge in [-0.15, -0.1) is 0 Å². The predicted molar refractivity (Wildman–Crippen MR) is 91.9 cm³/mol. The van der Waals surface area contributed by atoms with E-state index in [-0.39, 0.29) is 0 Å². The molecule has 0 radical (unpaired) electrons. The molecule has 0 amide bonds. The van der Waals surface area contributed by atoms with Crippen LogP contribution in [0.4, 0.5) is 5.69 Å². The third-order valence-corrected chi connectivity index (χ3v) is 4.09. The predicted octanol–water partition coefficient (Wildman–Crippen LogP) is 4.00. The topological polar surface area (TPSA) is 29.3 Å². The smallest absolute Gasteiger partial charge is 0.0426 e. The summed E-state index contributed by atoms with van der Waals surface area (Å²) in [5.74, 6) is 0.427. The van der Waals surface area contributed by atoms with Gasteiger partial charge in [-0.05, 0) is 49.1 Å². The van der Waals surface area contributed by atoms with Gasteiger partial charge in [-0.2, -0.15) is 0 Å². The lowest BCUT2D eigenvalue weighted by atomic mass is 10.00. The van der Waals surface area contributed by atoms with Gasteiger partial charge in [-0.1, -0.05) is 48.9 Å². The summed E-state index contributed by atoms with van der Waals surface area (Å²) in [6, 6.07) is 15.4. The maximum atomic E-state index is 5.72. The first-order valence-corrected chi connectivity index (χ1v) is 7.58. The summed E-state index contributed by atoms with van der Waals surface area (Å²) in [7, 11) is 2.15. The van der Waals surface area contributed by atoms with E-state index in [2.05, 4.69) is 75.2 Å². The first kappa shape index (κ1) is 15.6. The number of aryl methyl sites for hydroxylation is 2. The molecule has 21 heavy (non-hydrogen) atoms. The molecule has 0 bridgehead atoms. The highest BCUT2D eigenvalue weighted by Crippen LogP contribution is 2.22. The summed E-state index contributed by atoms with van der Waals surface area (Å²) in [6.45, 7) is 8.08. The minimum atomic E-state index is 0.427. The van der Waals surface area contributed by atoms with Crippen LogP contribution >= 0.6 is 0 Å². The highest BCUT2D eigenvalue weighted by Gasteiger charge is 2.07. The second-order valence-electron chi connectivity index (χ2n) is 6.02. The van der Waals surface area contributed by atoms with Crippen molar-refractivity contribution in [2.45, 2.75) is 33.2 Å². The molecule has 0 heterocycles. The van der Waals surface area contributed by atoms with E-state index in [4.69, 9.17) is 5.73 Å². The van der Waals surface area contributed by atoms with Crippen molar-refractivity contribution in [3.8, 4) is 0 Å². The molecule has 0 aliphatic heterocycles. The van der Waals surface area contributed by atoms with Crippen LogP contribution in [0, 0.1) is 13.8 Å². The molecule has 2 aromatic carbocycles. The van der Waals surface area contributed by atoms with Crippen molar-refractivity contribution in [1.29, 1.82) is 0 Å². The number of benzene rings is 2. The molecule has 2 aromatic rings. The normalized spacial score (nSPS) is 12.2. The van der Waals surface area contributed by atoms with E-state index in [1.165, 1.54) is 27.9 Å². The Bertz CT molecular complexity index is 587. The fourth-order valence-corrected chi connectivity index (χ4v) is 2.68. The second-order valence-corrected chi connectivity index (χ2v) is 6.02. The fraction of sp³-hybridized carbons (Fsp3) is 0.368. The SMILES string of the molecule is Cc1ccc(N(C)Cc2ccc(C(C)CN)cc2)c(C)c1. The Morgan fingerprint density at radius 3 is 2.29 bits per heavy atom. The summed E-state index contributed by atoms with van der Waals surface area (Å²) in [4.78, 5) is 2.30. The van der Waals surface area contributed by atoms with E-state index in [9.17, 15) is 0 Å². The van der Waals surface area contributed by atoms with E-state index in [0.29, 0.717) is 12.5 Å². The molecule has 2 N–H and O–H groups in total. The monoisotopic (exact) mass is 282 g/mol. The van der Waals surface area contributed by atoms with Gasteiger partial charge in [0.25, 0.3) is 0 Å². The zero-order valence-electron chi connectivity index (χ0n) is 13.6. The molecule has 0 saturated carbocycles. The molecule has 2 nitrogen and oxygen atoms in total. The Morgan fingerprint density at radius 2 is 1.71 bits per heavy atom. The average Bonchev–Trinajstić information content (AvgIpc) is 2.47. The van der Waals surface area contributed by atoms with Crippen LogP contribution in [0.2, 0.25) is 0 Å². The molecule has 0 aliphatic rings. The Labute approximate surface area is 128 Å². The van der Waals surface area contributed by atoms with E-state index >= 15 is 0 Å². The number of nitrogens with zero attached hydrogens (tertiary/aromatic N) is 1. The minimum Gasteiger partial charge on any atom is -0.370 e. The molecule has 112 valence electrons. The molecule has 0 saturated heterocycles. The van der Waals surface area contributed by atoms with Crippen LogP contribution in [0.3, 0.4) is 0 Å². The lowest BCUT2D eigenvalue weighted by Gasteiger charge is -2.22. The molecule has 2 rings (SSSR count). The van der Waals surface area contributed by atoms with Crippen molar-refractivity contribution >= 4 is 5.69 Å². The van der Waals surface area contributed by atoms with Crippen molar-refractivity contribution in [3.05, 3.63) is 64.7 Å². The Morgan fingerprint density at radius 1 is 1.05 bits per heavy atom. The zero-order valence-corrected chi connectivity index (χ0v) is 13.6. The van der Waals surface area contributed by atoms with Gasteiger partial charge in [0.15, 0.2) is 0 Å². The number of hydrogen-bond acceptors (Lipinski definition) is 2. The third kappa shape index (κ3) is 3.85. The van der Waals surface area contributed by atoms with Gasteiger partial charge in [-0.25, -0.2) is 0 Å². The molecule has 0 spiro atoms. The van der Waals surface area contributed by atoms with Gasteiger partial charge in [0, 0.05) is 19.3 Å². The number of anilines is 1. The fourth-order valence-electron chi connectivity index (χ4n) is 2.68. The van der Waals surface area contributed by atoms with E-state index in [1.807, 2.05) is 0 Å². The molecule has 0 fully saturated rings. The Balaban J connectivity index is 2.10. The summed E-state index contributed by atoms with van der Waals surface area (Å²) >= 11 is 0. The van der Waals surface area contributed by atoms with Crippen molar-refractivity contribution in [2.24, 2.45) is 5.73 Å². The van der Waals surface area contributed by atoms with Gasteiger partial charge < -0.3 is 10.6 Å². The van der Waals surface area contributed by atoms with Crippen molar-refractivity contribution in [3.63, 3.8) is 0 Å². The largest absolute Gasteiger partial charge is 0.370 e. The summed E-state index contributed by atoms with van der Waals surface area (Å²) in [6.07, 6.45) is 0. The lowest BCUT2D eigenvalue weighted by molar-refractivity contribution is 0.773. The van der Waals surface area contributed by atoms with E-state index in [0.717, 1.165) is 6.54 Å².